The van der Waals surface area contributed by atoms with E-state index in [1.54, 1.807) is 31.2 Å². The molecule has 2 aromatic carbocycles. The van der Waals surface area contributed by atoms with Gasteiger partial charge in [-0.15, -0.1) is 6.42 Å². The highest BCUT2D eigenvalue weighted by atomic mass is 79.9. The topological polar surface area (TPSA) is 98.2 Å². The number of nitrogens with zero attached hydrogens (tertiary/aromatic N) is 1. The lowest BCUT2D eigenvalue weighted by Crippen LogP contribution is -2.49. The standard InChI is InChI=1S/C26H28BrCl2N3O5/c1-6-9-36-24-19(27)11-17(12-23(24)35-5)14-30-32-26(34)21(10-15(2)3)31-25(33)16(4)37-22-8-7-18(28)13-20(22)29/h1,7-8,11-16,21H,9-10H2,2-5H3,(H,31,33)(H,32,34)/b30-14-/t16-,21-/m0/s1. The quantitative estimate of drug-likeness (QED) is 0.194. The molecule has 2 rings (SSSR count). The number of carbonyl (C=O) groups is 2. The van der Waals surface area contributed by atoms with Crippen molar-refractivity contribution in [3.63, 3.8) is 0 Å². The summed E-state index contributed by atoms with van der Waals surface area (Å²) in [7, 11) is 1.50. The summed E-state index contributed by atoms with van der Waals surface area (Å²) in [6, 6.07) is 7.27. The number of hydrogen-bond acceptors (Lipinski definition) is 6. The molecule has 2 aromatic rings. The normalized spacial score (nSPS) is 12.5. The van der Waals surface area contributed by atoms with E-state index in [-0.39, 0.29) is 17.5 Å². The molecule has 0 aliphatic heterocycles. The Morgan fingerprint density at radius 1 is 1.16 bits per heavy atom. The molecule has 2 N–H and O–H groups in total. The first-order valence-electron chi connectivity index (χ1n) is 11.2. The molecule has 0 saturated carbocycles. The van der Waals surface area contributed by atoms with Crippen molar-refractivity contribution in [1.82, 2.24) is 10.7 Å². The summed E-state index contributed by atoms with van der Waals surface area (Å²) in [5.74, 6) is 2.77. The maximum Gasteiger partial charge on any atom is 0.262 e. The number of benzene rings is 2. The molecule has 0 fully saturated rings. The van der Waals surface area contributed by atoms with Gasteiger partial charge in [0.1, 0.15) is 18.4 Å². The first-order chi connectivity index (χ1) is 17.5. The molecule has 2 amide bonds. The predicted molar refractivity (Wildman–Crippen MR) is 149 cm³/mol. The average Bonchev–Trinajstić information content (AvgIpc) is 2.83. The maximum atomic E-state index is 12.9. The Morgan fingerprint density at radius 2 is 1.89 bits per heavy atom. The molecule has 198 valence electrons. The fraction of sp³-hybridized carbons (Fsp3) is 0.346. The van der Waals surface area contributed by atoms with Gasteiger partial charge in [-0.05, 0) is 71.1 Å². The monoisotopic (exact) mass is 611 g/mol. The minimum atomic E-state index is -0.912. The number of nitrogens with one attached hydrogen (secondary N) is 2. The maximum absolute atomic E-state index is 12.9. The molecule has 0 saturated heterocycles. The summed E-state index contributed by atoms with van der Waals surface area (Å²) in [4.78, 5) is 25.6. The Morgan fingerprint density at radius 3 is 2.51 bits per heavy atom. The molecule has 8 nitrogen and oxygen atoms in total. The molecule has 0 aliphatic carbocycles. The summed E-state index contributed by atoms with van der Waals surface area (Å²) in [5.41, 5.74) is 3.11. The minimum absolute atomic E-state index is 0.0812. The van der Waals surface area contributed by atoms with Crippen molar-refractivity contribution < 1.29 is 23.8 Å². The lowest BCUT2D eigenvalue weighted by atomic mass is 10.0. The van der Waals surface area contributed by atoms with Crippen molar-refractivity contribution in [3.05, 3.63) is 50.4 Å². The number of methoxy groups -OCH3 is 1. The molecule has 0 radical (unpaired) electrons. The number of carbonyl (C=O) groups excluding carboxylic acids is 2. The zero-order valence-electron chi connectivity index (χ0n) is 20.8. The lowest BCUT2D eigenvalue weighted by molar-refractivity contribution is -0.132. The lowest BCUT2D eigenvalue weighted by Gasteiger charge is -2.22. The largest absolute Gasteiger partial charge is 0.493 e. The van der Waals surface area contributed by atoms with E-state index in [1.165, 1.54) is 19.4 Å². The second-order valence-electron chi connectivity index (χ2n) is 8.29. The molecule has 0 spiro atoms. The van der Waals surface area contributed by atoms with Gasteiger partial charge in [-0.3, -0.25) is 9.59 Å². The van der Waals surface area contributed by atoms with E-state index in [0.29, 0.717) is 38.7 Å². The third kappa shape index (κ3) is 9.47. The van der Waals surface area contributed by atoms with Crippen LogP contribution >= 0.6 is 39.1 Å². The number of terminal acetylenes is 1. The molecule has 0 unspecified atom stereocenters. The van der Waals surface area contributed by atoms with Gasteiger partial charge in [-0.2, -0.15) is 5.10 Å². The highest BCUT2D eigenvalue weighted by Crippen LogP contribution is 2.36. The number of halogens is 3. The van der Waals surface area contributed by atoms with Gasteiger partial charge in [-0.25, -0.2) is 5.43 Å². The molecule has 0 heterocycles. The Bertz CT molecular complexity index is 1180. The number of ether oxygens (including phenoxy) is 3. The Kier molecular flexibility index (Phi) is 12.1. The van der Waals surface area contributed by atoms with Crippen molar-refractivity contribution in [2.45, 2.75) is 39.3 Å². The van der Waals surface area contributed by atoms with Crippen molar-refractivity contribution in [2.75, 3.05) is 13.7 Å². The third-order valence-corrected chi connectivity index (χ3v) is 5.97. The van der Waals surface area contributed by atoms with E-state index in [0.717, 1.165) is 0 Å². The van der Waals surface area contributed by atoms with Gasteiger partial charge in [0, 0.05) is 5.02 Å². The van der Waals surface area contributed by atoms with Crippen molar-refractivity contribution in [3.8, 4) is 29.6 Å². The zero-order valence-corrected chi connectivity index (χ0v) is 23.9. The fourth-order valence-electron chi connectivity index (χ4n) is 3.12. The van der Waals surface area contributed by atoms with E-state index in [9.17, 15) is 9.59 Å². The molecule has 0 aliphatic rings. The van der Waals surface area contributed by atoms with E-state index < -0.39 is 24.0 Å². The summed E-state index contributed by atoms with van der Waals surface area (Å²) < 4.78 is 17.1. The van der Waals surface area contributed by atoms with Crippen LogP contribution in [-0.2, 0) is 9.59 Å². The summed E-state index contributed by atoms with van der Waals surface area (Å²) in [6.45, 7) is 5.52. The molecule has 0 aromatic heterocycles. The van der Waals surface area contributed by atoms with Gasteiger partial charge in [0.15, 0.2) is 17.6 Å². The first-order valence-corrected chi connectivity index (χ1v) is 12.8. The van der Waals surface area contributed by atoms with E-state index in [4.69, 9.17) is 43.8 Å². The van der Waals surface area contributed by atoms with Crippen molar-refractivity contribution >= 4 is 57.2 Å². The Hall–Kier alpha value is -2.93. The van der Waals surface area contributed by atoms with Crippen molar-refractivity contribution in [1.29, 1.82) is 0 Å². The first kappa shape index (κ1) is 30.3. The molecule has 37 heavy (non-hydrogen) atoms. The molecule has 0 bridgehead atoms. The van der Waals surface area contributed by atoms with Crippen molar-refractivity contribution in [2.24, 2.45) is 11.0 Å². The highest BCUT2D eigenvalue weighted by molar-refractivity contribution is 9.10. The van der Waals surface area contributed by atoms with E-state index >= 15 is 0 Å². The highest BCUT2D eigenvalue weighted by Gasteiger charge is 2.25. The summed E-state index contributed by atoms with van der Waals surface area (Å²) in [6.07, 6.45) is 6.17. The van der Waals surface area contributed by atoms with E-state index in [2.05, 4.69) is 37.7 Å². The van der Waals surface area contributed by atoms with Crippen LogP contribution in [0, 0.1) is 18.3 Å². The van der Waals surface area contributed by atoms with Gasteiger partial charge in [0.2, 0.25) is 0 Å². The van der Waals surface area contributed by atoms with E-state index in [1.807, 2.05) is 13.8 Å². The number of hydrazone groups is 1. The molecule has 2 atom stereocenters. The second-order valence-corrected chi connectivity index (χ2v) is 9.98. The summed E-state index contributed by atoms with van der Waals surface area (Å²) >= 11 is 15.4. The predicted octanol–water partition coefficient (Wildman–Crippen LogP) is 5.23. The van der Waals surface area contributed by atoms with Gasteiger partial charge in [0.05, 0.1) is 22.8 Å². The van der Waals surface area contributed by atoms with Gasteiger partial charge < -0.3 is 19.5 Å². The smallest absolute Gasteiger partial charge is 0.262 e. The second kappa shape index (κ2) is 14.7. The fourth-order valence-corrected chi connectivity index (χ4v) is 4.15. The Balaban J connectivity index is 2.07. The van der Waals surface area contributed by atoms with Crippen LogP contribution < -0.4 is 25.0 Å². The van der Waals surface area contributed by atoms with Crippen LogP contribution in [0.5, 0.6) is 17.2 Å². The van der Waals surface area contributed by atoms with Crippen LogP contribution in [0.3, 0.4) is 0 Å². The van der Waals surface area contributed by atoms with Crippen LogP contribution in [0.4, 0.5) is 0 Å². The van der Waals surface area contributed by atoms with Gasteiger partial charge in [0.25, 0.3) is 11.8 Å². The van der Waals surface area contributed by atoms with Crippen LogP contribution in [0.2, 0.25) is 10.0 Å². The molecular formula is C26H28BrCl2N3O5. The van der Waals surface area contributed by atoms with Crippen LogP contribution in [0.1, 0.15) is 32.8 Å². The number of hydrogen-bond donors (Lipinski definition) is 2. The third-order valence-electron chi connectivity index (χ3n) is 4.85. The van der Waals surface area contributed by atoms with Gasteiger partial charge >= 0.3 is 0 Å². The SMILES string of the molecule is C#CCOc1c(Br)cc(/C=N\NC(=O)[C@H](CC(C)C)NC(=O)[C@H](C)Oc2ccc(Cl)cc2Cl)cc1OC. The van der Waals surface area contributed by atoms with Crippen LogP contribution in [0.25, 0.3) is 0 Å². The minimum Gasteiger partial charge on any atom is -0.493 e. The molecular weight excluding hydrogens is 585 g/mol. The average molecular weight is 613 g/mol. The van der Waals surface area contributed by atoms with Crippen LogP contribution in [0.15, 0.2) is 39.9 Å². The Labute approximate surface area is 235 Å². The number of rotatable bonds is 12. The van der Waals surface area contributed by atoms with Gasteiger partial charge in [-0.1, -0.05) is 43.0 Å². The van der Waals surface area contributed by atoms with Crippen LogP contribution in [-0.4, -0.2) is 43.9 Å². The molecule has 11 heteroatoms. The number of amides is 2. The summed E-state index contributed by atoms with van der Waals surface area (Å²) in [5, 5.41) is 7.48. The zero-order chi connectivity index (χ0) is 27.5.